The van der Waals surface area contributed by atoms with E-state index in [0.717, 1.165) is 69.7 Å². The molecule has 1 aliphatic carbocycles. The van der Waals surface area contributed by atoms with E-state index in [0.29, 0.717) is 22.9 Å². The Morgan fingerprint density at radius 2 is 1.47 bits per heavy atom. The van der Waals surface area contributed by atoms with Gasteiger partial charge in [0.2, 0.25) is 0 Å². The third-order valence-electron chi connectivity index (χ3n) is 11.0. The Labute approximate surface area is 335 Å². The molecule has 0 bridgehead atoms. The minimum absolute atomic E-state index is 0.116. The fourth-order valence-electron chi connectivity index (χ4n) is 8.30. The van der Waals surface area contributed by atoms with Crippen molar-refractivity contribution in [3.63, 3.8) is 0 Å². The fourth-order valence-corrected chi connectivity index (χ4v) is 9.20. The molecule has 3 heterocycles. The second kappa shape index (κ2) is 13.8. The van der Waals surface area contributed by atoms with Crippen LogP contribution < -0.4 is 4.74 Å². The predicted molar refractivity (Wildman–Crippen MR) is 218 cm³/mol. The smallest absolute Gasteiger partial charge is 0.238 e. The Morgan fingerprint density at radius 3 is 2.29 bits per heavy atom. The van der Waals surface area contributed by atoms with Gasteiger partial charge in [0.15, 0.2) is 0 Å². The zero-order chi connectivity index (χ0) is 39.5. The quantitative estimate of drug-likeness (QED) is 0.123. The van der Waals surface area contributed by atoms with Crippen LogP contribution >= 0.6 is 0 Å². The summed E-state index contributed by atoms with van der Waals surface area (Å²) in [6, 6.07) is 52.2. The van der Waals surface area contributed by atoms with Gasteiger partial charge in [-0.15, -0.1) is 0 Å². The van der Waals surface area contributed by atoms with Gasteiger partial charge in [-0.1, -0.05) is 72.8 Å². The Morgan fingerprint density at radius 1 is 0.727 bits per heavy atom. The predicted octanol–water partition coefficient (Wildman–Crippen LogP) is 11.9. The number of aryl methyl sites for hydroxylation is 3. The monoisotopic (exact) mass is 896 g/mol. The molecule has 1 atom stereocenters. The normalized spacial score (nSPS) is 15.4. The first-order chi connectivity index (χ1) is 28.2. The first-order valence-electron chi connectivity index (χ1n) is 20.2. The summed E-state index contributed by atoms with van der Waals surface area (Å²) in [7, 11) is 2.13. The number of benzene rings is 6. The fraction of sp³-hybridized carbons (Fsp3) is 0.143. The van der Waals surface area contributed by atoms with E-state index in [-0.39, 0.29) is 11.6 Å². The summed E-state index contributed by atoms with van der Waals surface area (Å²) in [5.41, 5.74) is 10.3. The molecule has 6 aromatic carbocycles. The molecule has 1 aliphatic rings. The van der Waals surface area contributed by atoms with Crippen LogP contribution in [-0.2, 0) is 32.8 Å². The van der Waals surface area contributed by atoms with E-state index in [9.17, 15) is 0 Å². The topological polar surface area (TPSA) is 36.9 Å². The maximum absolute atomic E-state index is 8.56. The molecular weight excluding hydrogens is 856 g/mol. The van der Waals surface area contributed by atoms with Gasteiger partial charge in [0.25, 0.3) is 0 Å². The number of rotatable bonds is 6. The third kappa shape index (κ3) is 5.89. The molecule has 6 heteroatoms. The number of ether oxygens (including phenoxy) is 1. The molecule has 0 N–H and O–H groups in total. The van der Waals surface area contributed by atoms with E-state index in [1.807, 2.05) is 65.2 Å². The molecule has 0 amide bonds. The van der Waals surface area contributed by atoms with Crippen molar-refractivity contribution in [3.05, 3.63) is 172 Å². The Balaban J connectivity index is 1.12. The third-order valence-corrected chi connectivity index (χ3v) is 12.3. The van der Waals surface area contributed by atoms with Gasteiger partial charge < -0.3 is 0 Å². The van der Waals surface area contributed by atoms with E-state index in [1.165, 1.54) is 20.4 Å². The van der Waals surface area contributed by atoms with Gasteiger partial charge in [0, 0.05) is 15.9 Å². The van der Waals surface area contributed by atoms with Gasteiger partial charge in [0.1, 0.15) is 0 Å². The summed E-state index contributed by atoms with van der Waals surface area (Å²) < 4.78 is 40.3. The van der Waals surface area contributed by atoms with Gasteiger partial charge in [-0.25, -0.2) is 4.98 Å². The van der Waals surface area contributed by atoms with Crippen molar-refractivity contribution < 1.29 is 28.2 Å². The van der Waals surface area contributed by atoms with Crippen LogP contribution in [0, 0.1) is 22.8 Å². The number of nitrogens with zero attached hydrogens (tertiary/aromatic N) is 4. The van der Waals surface area contributed by atoms with Crippen molar-refractivity contribution in [1.29, 1.82) is 0 Å². The molecule has 0 saturated heterocycles. The first-order valence-corrected chi connectivity index (χ1v) is 19.8. The van der Waals surface area contributed by atoms with Gasteiger partial charge in [-0.3, -0.25) is 0 Å². The Kier molecular flexibility index (Phi) is 7.67. The maximum atomic E-state index is 8.56. The van der Waals surface area contributed by atoms with E-state index >= 15 is 0 Å². The number of pyridine rings is 1. The van der Waals surface area contributed by atoms with Crippen LogP contribution in [0.1, 0.15) is 46.1 Å². The molecule has 0 aliphatic heterocycles. The van der Waals surface area contributed by atoms with Crippen molar-refractivity contribution in [3.8, 4) is 39.6 Å². The average Bonchev–Trinajstić information content (AvgIpc) is 3.60. The number of hydrogen-bond acceptors (Lipinski definition) is 2. The van der Waals surface area contributed by atoms with E-state index in [1.54, 1.807) is 12.3 Å². The van der Waals surface area contributed by atoms with Crippen LogP contribution in [0.3, 0.4) is 0 Å². The van der Waals surface area contributed by atoms with Gasteiger partial charge in [-0.05, 0) is 41.2 Å². The molecule has 0 spiro atoms. The van der Waals surface area contributed by atoms with Crippen LogP contribution in [0.15, 0.2) is 140 Å². The molecule has 55 heavy (non-hydrogen) atoms. The molecule has 9 aromatic rings. The minimum atomic E-state index is -2.37. The van der Waals surface area contributed by atoms with Crippen LogP contribution in [0.25, 0.3) is 60.9 Å². The SMILES string of the molecule is [2H]C([2H])([2H])c1cc(-n2c3[c-]c(Oc4[c-]c5c(cc4)CCCCC5n4[c](=[Pt])n(C)c5ccccc54)ccc3c3cc(-c4ccccc4)ccc32)ncc1-c1ccccc1. The zero-order valence-electron chi connectivity index (χ0n) is 33.2. The summed E-state index contributed by atoms with van der Waals surface area (Å²) in [5.74, 6) is 1.65. The van der Waals surface area contributed by atoms with Gasteiger partial charge in [0.05, 0.1) is 0 Å². The van der Waals surface area contributed by atoms with Crippen molar-refractivity contribution >= 4 is 32.8 Å². The van der Waals surface area contributed by atoms with Crippen LogP contribution in [0.5, 0.6) is 11.5 Å². The molecule has 3 aromatic heterocycles. The van der Waals surface area contributed by atoms with E-state index in [4.69, 9.17) is 13.8 Å². The average molecular weight is 897 g/mol. The second-order valence-corrected chi connectivity index (χ2v) is 15.3. The molecule has 272 valence electrons. The van der Waals surface area contributed by atoms with E-state index in [2.05, 4.69) is 114 Å². The zero-order valence-corrected chi connectivity index (χ0v) is 32.5. The van der Waals surface area contributed by atoms with Crippen LogP contribution in [0.2, 0.25) is 0 Å². The summed E-state index contributed by atoms with van der Waals surface area (Å²) in [4.78, 5) is 4.93. The molecule has 10 rings (SSSR count). The molecule has 0 radical (unpaired) electrons. The molecule has 5 nitrogen and oxygen atoms in total. The summed E-state index contributed by atoms with van der Waals surface area (Å²) in [5, 5.41) is 1.96. The standard InChI is InChI=1S/C49H38N4O.Pt/c1-33-27-49(50-31-43(33)35-15-7-4-8-16-35)53-45-26-22-37(34-13-5-3-6-14-34)28-42(45)40-25-24-39(30-48(40)53)54-38-23-21-36-17-9-10-18-44(41(36)29-38)52-32-51(2)46-19-11-12-20-47(46)52;/h3-8,11-16,19-28,31,44H,9-10,17-18H2,1-2H3;/q-2;/i1D3;. The Hall–Kier alpha value is -5.77. The van der Waals surface area contributed by atoms with Crippen molar-refractivity contribution in [2.45, 2.75) is 38.6 Å². The van der Waals surface area contributed by atoms with Crippen molar-refractivity contribution in [1.82, 2.24) is 18.7 Å². The second-order valence-electron chi connectivity index (χ2n) is 14.3. The summed E-state index contributed by atoms with van der Waals surface area (Å²) >= 11 is 2.45. The van der Waals surface area contributed by atoms with Crippen molar-refractivity contribution in [2.75, 3.05) is 0 Å². The number of hydrogen-bond donors (Lipinski definition) is 0. The van der Waals surface area contributed by atoms with Gasteiger partial charge in [-0.2, -0.15) is 0 Å². The number of aromatic nitrogens is 4. The number of para-hydroxylation sites is 2. The van der Waals surface area contributed by atoms with Crippen LogP contribution in [-0.4, -0.2) is 18.7 Å². The number of fused-ring (bicyclic) bond motifs is 5. The summed E-state index contributed by atoms with van der Waals surface area (Å²) in [6.45, 7) is -2.37. The molecule has 0 fully saturated rings. The number of imidazole rings is 1. The van der Waals surface area contributed by atoms with Crippen LogP contribution in [0.4, 0.5) is 0 Å². The Bertz CT molecular complexity index is 3070. The van der Waals surface area contributed by atoms with Crippen molar-refractivity contribution in [2.24, 2.45) is 7.05 Å². The minimum Gasteiger partial charge on any atom is -0.238 e. The van der Waals surface area contributed by atoms with E-state index < -0.39 is 6.85 Å². The molecule has 1 unspecified atom stereocenters. The first kappa shape index (κ1) is 30.5. The van der Waals surface area contributed by atoms with Gasteiger partial charge >= 0.3 is 202 Å². The molecular formula is C49H38N4OPt-2. The summed E-state index contributed by atoms with van der Waals surface area (Å²) in [6.07, 6.45) is 5.95. The molecule has 0 saturated carbocycles.